The first-order valence-electron chi connectivity index (χ1n) is 5.98. The lowest BCUT2D eigenvalue weighted by Gasteiger charge is -2.18. The van der Waals surface area contributed by atoms with Gasteiger partial charge in [0.05, 0.1) is 0 Å². The fraction of sp³-hybridized carbons (Fsp3) is 0.188. The monoisotopic (exact) mass is 240 g/mol. The van der Waals surface area contributed by atoms with Crippen LogP contribution in [0.2, 0.25) is 0 Å². The Morgan fingerprint density at radius 2 is 1.39 bits per heavy atom. The van der Waals surface area contributed by atoms with Gasteiger partial charge in [0.15, 0.2) is 5.78 Å². The summed E-state index contributed by atoms with van der Waals surface area (Å²) in [6.07, 6.45) is -0.184. The summed E-state index contributed by atoms with van der Waals surface area (Å²) in [6, 6.07) is 19.9. The van der Waals surface area contributed by atoms with Crippen molar-refractivity contribution in [1.29, 1.82) is 0 Å². The zero-order chi connectivity index (χ0) is 12.8. The van der Waals surface area contributed by atoms with Gasteiger partial charge in [-0.2, -0.15) is 0 Å². The van der Waals surface area contributed by atoms with Gasteiger partial charge in [-0.05, 0) is 18.1 Å². The Balaban J connectivity index is 2.26. The molecule has 0 heterocycles. The quantitative estimate of drug-likeness (QED) is 0.800. The van der Waals surface area contributed by atoms with E-state index in [1.54, 1.807) is 0 Å². The van der Waals surface area contributed by atoms with Crippen molar-refractivity contribution in [2.75, 3.05) is 6.61 Å². The van der Waals surface area contributed by atoms with Gasteiger partial charge < -0.3 is 4.74 Å². The molecule has 2 aromatic rings. The van der Waals surface area contributed by atoms with E-state index in [0.29, 0.717) is 0 Å². The van der Waals surface area contributed by atoms with E-state index in [2.05, 4.69) is 0 Å². The highest BCUT2D eigenvalue weighted by molar-refractivity contribution is 5.76. The van der Waals surface area contributed by atoms with E-state index in [0.717, 1.165) is 11.1 Å². The number of ketones is 1. The lowest BCUT2D eigenvalue weighted by Crippen LogP contribution is -2.11. The van der Waals surface area contributed by atoms with E-state index in [9.17, 15) is 4.79 Å². The summed E-state index contributed by atoms with van der Waals surface area (Å²) in [5, 5.41) is 0. The number of benzene rings is 2. The first kappa shape index (κ1) is 12.5. The molecule has 0 N–H and O–H groups in total. The highest BCUT2D eigenvalue weighted by Crippen LogP contribution is 2.25. The molecule has 2 nitrogen and oxygen atoms in total. The molecule has 0 aliphatic carbocycles. The van der Waals surface area contributed by atoms with Crippen molar-refractivity contribution in [3.63, 3.8) is 0 Å². The van der Waals surface area contributed by atoms with Crippen molar-refractivity contribution in [1.82, 2.24) is 0 Å². The van der Waals surface area contributed by atoms with Crippen LogP contribution in [0.4, 0.5) is 0 Å². The van der Waals surface area contributed by atoms with E-state index in [1.165, 1.54) is 6.92 Å². The van der Waals surface area contributed by atoms with E-state index in [-0.39, 0.29) is 18.5 Å². The van der Waals surface area contributed by atoms with Crippen LogP contribution in [0.15, 0.2) is 60.7 Å². The van der Waals surface area contributed by atoms with Gasteiger partial charge in [0.1, 0.15) is 12.7 Å². The third-order valence-electron chi connectivity index (χ3n) is 2.66. The zero-order valence-corrected chi connectivity index (χ0v) is 10.4. The molecule has 0 radical (unpaired) electrons. The van der Waals surface area contributed by atoms with Crippen molar-refractivity contribution >= 4 is 5.78 Å². The molecule has 0 atom stereocenters. The van der Waals surface area contributed by atoms with Gasteiger partial charge in [-0.15, -0.1) is 0 Å². The molecule has 0 aliphatic rings. The number of rotatable bonds is 5. The van der Waals surface area contributed by atoms with Crippen molar-refractivity contribution < 1.29 is 9.53 Å². The molecule has 2 heteroatoms. The smallest absolute Gasteiger partial charge is 0.155 e. The van der Waals surface area contributed by atoms with E-state index in [4.69, 9.17) is 4.74 Å². The Kier molecular flexibility index (Phi) is 4.26. The van der Waals surface area contributed by atoms with Crippen molar-refractivity contribution in [2.45, 2.75) is 13.0 Å². The Bertz CT molecular complexity index is 452. The molecule has 0 aromatic heterocycles. The van der Waals surface area contributed by atoms with Crippen LogP contribution < -0.4 is 0 Å². The molecule has 0 bridgehead atoms. The van der Waals surface area contributed by atoms with Gasteiger partial charge in [-0.1, -0.05) is 60.7 Å². The standard InChI is InChI=1S/C16H16O2/c1-13(17)12-18-16(14-8-4-2-5-9-14)15-10-6-3-7-11-15/h2-11,16H,12H2,1H3. The number of Topliss-reactive ketones (excluding diaryl/α,β-unsaturated/α-hetero) is 1. The molecule has 0 saturated heterocycles. The molecule has 0 amide bonds. The second-order valence-electron chi connectivity index (χ2n) is 4.21. The van der Waals surface area contributed by atoms with Gasteiger partial charge >= 0.3 is 0 Å². The molecule has 0 fully saturated rings. The normalized spacial score (nSPS) is 10.6. The number of hydrogen-bond donors (Lipinski definition) is 0. The summed E-state index contributed by atoms with van der Waals surface area (Å²) in [7, 11) is 0. The average molecular weight is 240 g/mol. The predicted molar refractivity (Wildman–Crippen MR) is 71.4 cm³/mol. The average Bonchev–Trinajstić information content (AvgIpc) is 2.41. The molecule has 0 unspecified atom stereocenters. The Morgan fingerprint density at radius 1 is 0.944 bits per heavy atom. The van der Waals surface area contributed by atoms with Crippen molar-refractivity contribution in [3.8, 4) is 0 Å². The highest BCUT2D eigenvalue weighted by Gasteiger charge is 2.14. The molecule has 2 rings (SSSR count). The topological polar surface area (TPSA) is 26.3 Å². The van der Waals surface area contributed by atoms with Crippen LogP contribution in [0.25, 0.3) is 0 Å². The summed E-state index contributed by atoms with van der Waals surface area (Å²) >= 11 is 0. The van der Waals surface area contributed by atoms with E-state index >= 15 is 0 Å². The van der Waals surface area contributed by atoms with Crippen LogP contribution in [0.3, 0.4) is 0 Å². The lowest BCUT2D eigenvalue weighted by atomic mass is 10.0. The maximum atomic E-state index is 11.1. The Hall–Kier alpha value is -1.93. The molecular weight excluding hydrogens is 224 g/mol. The Morgan fingerprint density at radius 3 is 1.78 bits per heavy atom. The maximum absolute atomic E-state index is 11.1. The minimum atomic E-state index is -0.184. The van der Waals surface area contributed by atoms with Crippen molar-refractivity contribution in [2.24, 2.45) is 0 Å². The molecular formula is C16H16O2. The molecule has 2 aromatic carbocycles. The fourth-order valence-electron chi connectivity index (χ4n) is 1.84. The first-order chi connectivity index (χ1) is 8.77. The zero-order valence-electron chi connectivity index (χ0n) is 10.4. The van der Waals surface area contributed by atoms with Crippen LogP contribution >= 0.6 is 0 Å². The molecule has 0 aliphatic heterocycles. The number of carbonyl (C=O) groups is 1. The summed E-state index contributed by atoms with van der Waals surface area (Å²) in [4.78, 5) is 11.1. The van der Waals surface area contributed by atoms with Crippen LogP contribution in [0, 0.1) is 0 Å². The third kappa shape index (κ3) is 3.28. The minimum Gasteiger partial charge on any atom is -0.361 e. The number of carbonyl (C=O) groups excluding carboxylic acids is 1. The van der Waals surface area contributed by atoms with Gasteiger partial charge in [-0.25, -0.2) is 0 Å². The lowest BCUT2D eigenvalue weighted by molar-refractivity contribution is -0.122. The SMILES string of the molecule is CC(=O)COC(c1ccccc1)c1ccccc1. The van der Waals surface area contributed by atoms with Gasteiger partial charge in [-0.3, -0.25) is 4.79 Å². The second kappa shape index (κ2) is 6.12. The fourth-order valence-corrected chi connectivity index (χ4v) is 1.84. The number of ether oxygens (including phenoxy) is 1. The predicted octanol–water partition coefficient (Wildman–Crippen LogP) is 3.38. The minimum absolute atomic E-state index is 0.0341. The van der Waals surface area contributed by atoms with Crippen LogP contribution in [0.5, 0.6) is 0 Å². The summed E-state index contributed by atoms with van der Waals surface area (Å²) in [5.41, 5.74) is 2.12. The van der Waals surface area contributed by atoms with E-state index in [1.807, 2.05) is 60.7 Å². The molecule has 18 heavy (non-hydrogen) atoms. The first-order valence-corrected chi connectivity index (χ1v) is 5.98. The summed E-state index contributed by atoms with van der Waals surface area (Å²) < 4.78 is 5.73. The summed E-state index contributed by atoms with van der Waals surface area (Å²) in [6.45, 7) is 1.67. The van der Waals surface area contributed by atoms with Crippen LogP contribution in [-0.2, 0) is 9.53 Å². The molecule has 0 saturated carbocycles. The van der Waals surface area contributed by atoms with Gasteiger partial charge in [0.2, 0.25) is 0 Å². The maximum Gasteiger partial charge on any atom is 0.155 e. The summed E-state index contributed by atoms with van der Waals surface area (Å²) in [5.74, 6) is 0.0341. The van der Waals surface area contributed by atoms with Crippen molar-refractivity contribution in [3.05, 3.63) is 71.8 Å². The second-order valence-corrected chi connectivity index (χ2v) is 4.21. The van der Waals surface area contributed by atoms with Crippen LogP contribution in [0.1, 0.15) is 24.2 Å². The Labute approximate surface area is 107 Å². The number of hydrogen-bond acceptors (Lipinski definition) is 2. The van der Waals surface area contributed by atoms with E-state index < -0.39 is 0 Å². The largest absolute Gasteiger partial charge is 0.361 e. The molecule has 0 spiro atoms. The van der Waals surface area contributed by atoms with Crippen LogP contribution in [-0.4, -0.2) is 12.4 Å². The van der Waals surface area contributed by atoms with Gasteiger partial charge in [0, 0.05) is 0 Å². The third-order valence-corrected chi connectivity index (χ3v) is 2.66. The molecule has 92 valence electrons. The van der Waals surface area contributed by atoms with Gasteiger partial charge in [0.25, 0.3) is 0 Å². The highest BCUT2D eigenvalue weighted by atomic mass is 16.5.